The van der Waals surface area contributed by atoms with Gasteiger partial charge in [-0.15, -0.1) is 6.42 Å². The van der Waals surface area contributed by atoms with Gasteiger partial charge in [-0.2, -0.15) is 0 Å². The number of unbranched alkanes of at least 4 members (excludes halogenated alkanes) is 1. The third-order valence-electron chi connectivity index (χ3n) is 3.35. The predicted molar refractivity (Wildman–Crippen MR) is 79.7 cm³/mol. The summed E-state index contributed by atoms with van der Waals surface area (Å²) in [6.45, 7) is 5.17. The lowest BCUT2D eigenvalue weighted by Gasteiger charge is -2.17. The molecule has 0 aliphatic rings. The van der Waals surface area contributed by atoms with Crippen LogP contribution in [0, 0.1) is 18.3 Å². The van der Waals surface area contributed by atoms with Gasteiger partial charge in [-0.3, -0.25) is 0 Å². The van der Waals surface area contributed by atoms with Crippen LogP contribution in [0.5, 0.6) is 11.5 Å². The highest BCUT2D eigenvalue weighted by molar-refractivity contribution is 5.47. The number of hydrogen-bond acceptors (Lipinski definition) is 2. The van der Waals surface area contributed by atoms with Crippen molar-refractivity contribution in [2.75, 3.05) is 13.7 Å². The summed E-state index contributed by atoms with van der Waals surface area (Å²) >= 11 is 0. The molecular weight excluding hydrogens is 236 g/mol. The molecule has 1 aromatic rings. The lowest BCUT2D eigenvalue weighted by Crippen LogP contribution is -2.11. The molecular formula is C17H24O2. The number of ether oxygens (including phenoxy) is 2. The monoisotopic (exact) mass is 260 g/mol. The SMILES string of the molecule is C#Cc1ccc(OC[C@H](CC)CCCC)c(OC)c1. The molecule has 0 saturated heterocycles. The summed E-state index contributed by atoms with van der Waals surface area (Å²) < 4.78 is 11.2. The maximum absolute atomic E-state index is 5.88. The van der Waals surface area contributed by atoms with E-state index >= 15 is 0 Å². The van der Waals surface area contributed by atoms with E-state index in [0.29, 0.717) is 11.7 Å². The first-order valence-electron chi connectivity index (χ1n) is 7.02. The molecule has 1 rings (SSSR count). The fourth-order valence-electron chi connectivity index (χ4n) is 1.98. The van der Waals surface area contributed by atoms with Crippen LogP contribution in [0.2, 0.25) is 0 Å². The molecule has 1 atom stereocenters. The molecule has 1 aromatic carbocycles. The Morgan fingerprint density at radius 1 is 1.26 bits per heavy atom. The van der Waals surface area contributed by atoms with Crippen LogP contribution in [0.15, 0.2) is 18.2 Å². The molecule has 0 unspecified atom stereocenters. The van der Waals surface area contributed by atoms with Crippen LogP contribution in [0.25, 0.3) is 0 Å². The van der Waals surface area contributed by atoms with E-state index in [1.807, 2.05) is 18.2 Å². The van der Waals surface area contributed by atoms with Crippen molar-refractivity contribution >= 4 is 0 Å². The Balaban J connectivity index is 2.63. The summed E-state index contributed by atoms with van der Waals surface area (Å²) in [6.07, 6.45) is 10.2. The first-order chi connectivity index (χ1) is 9.24. The van der Waals surface area contributed by atoms with Gasteiger partial charge in [-0.05, 0) is 30.5 Å². The van der Waals surface area contributed by atoms with Gasteiger partial charge in [-0.1, -0.05) is 39.0 Å². The van der Waals surface area contributed by atoms with E-state index in [1.165, 1.54) is 19.3 Å². The lowest BCUT2D eigenvalue weighted by molar-refractivity contribution is 0.224. The van der Waals surface area contributed by atoms with Gasteiger partial charge in [0.1, 0.15) is 0 Å². The standard InChI is InChI=1S/C17H24O2/c1-5-8-9-15(7-3)13-19-16-11-10-14(6-2)12-17(16)18-4/h2,10-12,15H,5,7-9,13H2,1,3-4H3/t15-/m1/s1. The Hall–Kier alpha value is -1.62. The molecule has 0 aliphatic heterocycles. The van der Waals surface area contributed by atoms with E-state index < -0.39 is 0 Å². The number of methoxy groups -OCH3 is 1. The van der Waals surface area contributed by atoms with Gasteiger partial charge in [0.2, 0.25) is 0 Å². The van der Waals surface area contributed by atoms with Crippen LogP contribution in [-0.4, -0.2) is 13.7 Å². The van der Waals surface area contributed by atoms with Crippen molar-refractivity contribution < 1.29 is 9.47 Å². The molecule has 0 aliphatic carbocycles. The van der Waals surface area contributed by atoms with E-state index in [1.54, 1.807) is 7.11 Å². The van der Waals surface area contributed by atoms with Crippen molar-refractivity contribution in [3.8, 4) is 23.8 Å². The zero-order valence-corrected chi connectivity index (χ0v) is 12.2. The average Bonchev–Trinajstić information content (AvgIpc) is 2.47. The highest BCUT2D eigenvalue weighted by Crippen LogP contribution is 2.28. The van der Waals surface area contributed by atoms with Crippen molar-refractivity contribution in [3.63, 3.8) is 0 Å². The first kappa shape index (κ1) is 15.4. The second-order valence-electron chi connectivity index (χ2n) is 4.74. The largest absolute Gasteiger partial charge is 0.493 e. The molecule has 0 saturated carbocycles. The molecule has 0 heterocycles. The number of hydrogen-bond donors (Lipinski definition) is 0. The Morgan fingerprint density at radius 3 is 2.63 bits per heavy atom. The highest BCUT2D eigenvalue weighted by Gasteiger charge is 2.10. The van der Waals surface area contributed by atoms with Gasteiger partial charge in [0.25, 0.3) is 0 Å². The van der Waals surface area contributed by atoms with Gasteiger partial charge in [0.05, 0.1) is 13.7 Å². The Bertz CT molecular complexity index is 418. The third-order valence-corrected chi connectivity index (χ3v) is 3.35. The van der Waals surface area contributed by atoms with Gasteiger partial charge in [0, 0.05) is 5.56 Å². The zero-order valence-electron chi connectivity index (χ0n) is 12.2. The fourth-order valence-corrected chi connectivity index (χ4v) is 1.98. The average molecular weight is 260 g/mol. The van der Waals surface area contributed by atoms with Crippen LogP contribution in [0.3, 0.4) is 0 Å². The van der Waals surface area contributed by atoms with Crippen LogP contribution in [0.1, 0.15) is 45.1 Å². The van der Waals surface area contributed by atoms with E-state index in [0.717, 1.165) is 24.3 Å². The number of terminal acetylenes is 1. The Kier molecular flexibility index (Phi) is 6.89. The van der Waals surface area contributed by atoms with Gasteiger partial charge in [-0.25, -0.2) is 0 Å². The lowest BCUT2D eigenvalue weighted by atomic mass is 10.0. The smallest absolute Gasteiger partial charge is 0.161 e. The molecule has 0 spiro atoms. The third kappa shape index (κ3) is 4.87. The molecule has 2 nitrogen and oxygen atoms in total. The van der Waals surface area contributed by atoms with Crippen molar-refractivity contribution in [2.45, 2.75) is 39.5 Å². The molecule has 0 amide bonds. The minimum absolute atomic E-state index is 0.608. The zero-order chi connectivity index (χ0) is 14.1. The summed E-state index contributed by atoms with van der Waals surface area (Å²) in [5.74, 6) is 4.69. The molecule has 0 N–H and O–H groups in total. The Morgan fingerprint density at radius 2 is 2.05 bits per heavy atom. The molecule has 0 bridgehead atoms. The molecule has 19 heavy (non-hydrogen) atoms. The van der Waals surface area contributed by atoms with E-state index in [-0.39, 0.29) is 0 Å². The highest BCUT2D eigenvalue weighted by atomic mass is 16.5. The van der Waals surface area contributed by atoms with E-state index in [9.17, 15) is 0 Å². The van der Waals surface area contributed by atoms with Gasteiger partial charge in [0.15, 0.2) is 11.5 Å². The van der Waals surface area contributed by atoms with Crippen molar-refractivity contribution in [1.82, 2.24) is 0 Å². The first-order valence-corrected chi connectivity index (χ1v) is 7.02. The maximum Gasteiger partial charge on any atom is 0.161 e. The molecule has 2 heteroatoms. The number of rotatable bonds is 8. The van der Waals surface area contributed by atoms with Crippen molar-refractivity contribution in [3.05, 3.63) is 23.8 Å². The van der Waals surface area contributed by atoms with Crippen molar-refractivity contribution in [1.29, 1.82) is 0 Å². The van der Waals surface area contributed by atoms with E-state index in [4.69, 9.17) is 15.9 Å². The Labute approximate surface area is 117 Å². The van der Waals surface area contributed by atoms with Gasteiger partial charge < -0.3 is 9.47 Å². The second kappa shape index (κ2) is 8.48. The maximum atomic E-state index is 5.88. The topological polar surface area (TPSA) is 18.5 Å². The van der Waals surface area contributed by atoms with Crippen LogP contribution in [-0.2, 0) is 0 Å². The molecule has 104 valence electrons. The summed E-state index contributed by atoms with van der Waals surface area (Å²) in [5, 5.41) is 0. The van der Waals surface area contributed by atoms with Gasteiger partial charge >= 0.3 is 0 Å². The summed E-state index contributed by atoms with van der Waals surface area (Å²) in [5.41, 5.74) is 0.808. The quantitative estimate of drug-likeness (QED) is 0.650. The second-order valence-corrected chi connectivity index (χ2v) is 4.74. The summed E-state index contributed by atoms with van der Waals surface area (Å²) in [7, 11) is 1.64. The van der Waals surface area contributed by atoms with Crippen LogP contribution < -0.4 is 9.47 Å². The van der Waals surface area contributed by atoms with Crippen molar-refractivity contribution in [2.24, 2.45) is 5.92 Å². The van der Waals surface area contributed by atoms with E-state index in [2.05, 4.69) is 19.8 Å². The fraction of sp³-hybridized carbons (Fsp3) is 0.529. The predicted octanol–water partition coefficient (Wildman–Crippen LogP) is 4.27. The minimum Gasteiger partial charge on any atom is -0.493 e. The molecule has 0 radical (unpaired) electrons. The normalized spacial score (nSPS) is 11.7. The molecule has 0 fully saturated rings. The van der Waals surface area contributed by atoms with Crippen LogP contribution >= 0.6 is 0 Å². The van der Waals surface area contributed by atoms with Crippen LogP contribution in [0.4, 0.5) is 0 Å². The number of benzene rings is 1. The summed E-state index contributed by atoms with van der Waals surface area (Å²) in [4.78, 5) is 0. The molecule has 0 aromatic heterocycles. The summed E-state index contributed by atoms with van der Waals surface area (Å²) in [6, 6.07) is 5.60. The minimum atomic E-state index is 0.608.